The molecular weight excluding hydrogens is 178 g/mol. The van der Waals surface area contributed by atoms with E-state index in [-0.39, 0.29) is 5.91 Å². The zero-order chi connectivity index (χ0) is 10.6. The van der Waals surface area contributed by atoms with Crippen LogP contribution in [-0.2, 0) is 4.79 Å². The van der Waals surface area contributed by atoms with Crippen molar-refractivity contribution in [2.75, 3.05) is 46.8 Å². The van der Waals surface area contributed by atoms with E-state index in [4.69, 9.17) is 0 Å². The molecule has 0 atom stereocenters. The van der Waals surface area contributed by atoms with Gasteiger partial charge in [0.1, 0.15) is 0 Å². The predicted octanol–water partition coefficient (Wildman–Crippen LogP) is -0.464. The molecule has 1 amide bonds. The van der Waals surface area contributed by atoms with E-state index >= 15 is 0 Å². The van der Waals surface area contributed by atoms with Gasteiger partial charge in [-0.3, -0.25) is 9.69 Å². The van der Waals surface area contributed by atoms with Crippen LogP contribution in [0.2, 0.25) is 0 Å². The Hall–Kier alpha value is -0.870. The van der Waals surface area contributed by atoms with Crippen LogP contribution in [-0.4, -0.2) is 62.5 Å². The van der Waals surface area contributed by atoms with Gasteiger partial charge in [-0.15, -0.1) is 0 Å². The predicted molar refractivity (Wildman–Crippen MR) is 57.1 cm³/mol. The summed E-state index contributed by atoms with van der Waals surface area (Å²) in [5.74, 6) is -0.0519. The maximum Gasteiger partial charge on any atom is 0.247 e. The summed E-state index contributed by atoms with van der Waals surface area (Å²) in [7, 11) is 3.75. The summed E-state index contributed by atoms with van der Waals surface area (Å²) in [5.41, 5.74) is 0.650. The first-order chi connectivity index (χ1) is 6.63. The molecular formula is C10H19N3O. The molecule has 0 aliphatic carbocycles. The van der Waals surface area contributed by atoms with E-state index in [9.17, 15) is 4.79 Å². The second-order valence-corrected chi connectivity index (χ2v) is 3.76. The second kappa shape index (κ2) is 5.12. The topological polar surface area (TPSA) is 35.6 Å². The van der Waals surface area contributed by atoms with Gasteiger partial charge >= 0.3 is 0 Å². The molecule has 4 heteroatoms. The molecule has 0 saturated carbocycles. The van der Waals surface area contributed by atoms with Crippen LogP contribution in [0.4, 0.5) is 0 Å². The van der Waals surface area contributed by atoms with E-state index in [0.717, 1.165) is 26.2 Å². The van der Waals surface area contributed by atoms with Crippen molar-refractivity contribution in [1.82, 2.24) is 15.1 Å². The molecule has 1 saturated heterocycles. The first-order valence-electron chi connectivity index (χ1n) is 4.94. The lowest BCUT2D eigenvalue weighted by Gasteiger charge is -2.32. The summed E-state index contributed by atoms with van der Waals surface area (Å²) in [5, 5.41) is 2.59. The minimum Gasteiger partial charge on any atom is -0.355 e. The molecule has 4 nitrogen and oxygen atoms in total. The summed E-state index contributed by atoms with van der Waals surface area (Å²) in [6.45, 7) is 8.64. The molecule has 0 spiro atoms. The quantitative estimate of drug-likeness (QED) is 0.622. The van der Waals surface area contributed by atoms with Gasteiger partial charge in [-0.25, -0.2) is 0 Å². The summed E-state index contributed by atoms with van der Waals surface area (Å²) < 4.78 is 0. The number of likely N-dealkylation sites (N-methyl/N-ethyl adjacent to an activating group) is 2. The number of piperazine rings is 1. The molecule has 1 aliphatic rings. The number of amides is 1. The highest BCUT2D eigenvalue weighted by Gasteiger charge is 2.16. The van der Waals surface area contributed by atoms with Crippen LogP contribution in [0.25, 0.3) is 0 Å². The van der Waals surface area contributed by atoms with Gasteiger partial charge in [-0.1, -0.05) is 6.58 Å². The van der Waals surface area contributed by atoms with Crippen LogP contribution < -0.4 is 5.32 Å². The SMILES string of the molecule is C=C(CN1CCN(C)CC1)C(=O)NC. The monoisotopic (exact) mass is 197 g/mol. The average Bonchev–Trinajstić information content (AvgIpc) is 2.20. The molecule has 1 rings (SSSR count). The van der Waals surface area contributed by atoms with E-state index in [1.165, 1.54) is 0 Å². The molecule has 0 aromatic carbocycles. The highest BCUT2D eigenvalue weighted by Crippen LogP contribution is 2.02. The highest BCUT2D eigenvalue weighted by molar-refractivity contribution is 5.92. The molecule has 0 bridgehead atoms. The number of nitrogens with one attached hydrogen (secondary N) is 1. The third-order valence-electron chi connectivity index (χ3n) is 2.56. The van der Waals surface area contributed by atoms with Crippen LogP contribution >= 0.6 is 0 Å². The smallest absolute Gasteiger partial charge is 0.247 e. The first kappa shape index (κ1) is 11.2. The fourth-order valence-corrected chi connectivity index (χ4v) is 1.52. The van der Waals surface area contributed by atoms with Crippen LogP contribution in [0.15, 0.2) is 12.2 Å². The number of nitrogens with zero attached hydrogens (tertiary/aromatic N) is 2. The number of hydrogen-bond acceptors (Lipinski definition) is 3. The minimum absolute atomic E-state index is 0.0519. The molecule has 1 fully saturated rings. The van der Waals surface area contributed by atoms with Crippen molar-refractivity contribution in [3.05, 3.63) is 12.2 Å². The van der Waals surface area contributed by atoms with E-state index < -0.39 is 0 Å². The molecule has 1 N–H and O–H groups in total. The van der Waals surface area contributed by atoms with E-state index in [0.29, 0.717) is 12.1 Å². The summed E-state index contributed by atoms with van der Waals surface area (Å²) in [4.78, 5) is 15.8. The van der Waals surface area contributed by atoms with Crippen LogP contribution in [0.3, 0.4) is 0 Å². The van der Waals surface area contributed by atoms with Crippen LogP contribution in [0.5, 0.6) is 0 Å². The number of hydrogen-bond donors (Lipinski definition) is 1. The van der Waals surface area contributed by atoms with Gasteiger partial charge < -0.3 is 10.2 Å². The lowest BCUT2D eigenvalue weighted by atomic mass is 10.2. The molecule has 80 valence electrons. The third kappa shape index (κ3) is 3.12. The average molecular weight is 197 g/mol. The van der Waals surface area contributed by atoms with Crippen LogP contribution in [0.1, 0.15) is 0 Å². The Bertz CT molecular complexity index is 219. The van der Waals surface area contributed by atoms with Gasteiger partial charge in [-0.2, -0.15) is 0 Å². The normalized spacial score (nSPS) is 19.3. The Morgan fingerprint density at radius 2 is 1.93 bits per heavy atom. The maximum atomic E-state index is 11.2. The number of carbonyl (C=O) groups excluding carboxylic acids is 1. The van der Waals surface area contributed by atoms with Crippen molar-refractivity contribution < 1.29 is 4.79 Å². The van der Waals surface area contributed by atoms with E-state index in [2.05, 4.69) is 28.7 Å². The van der Waals surface area contributed by atoms with Crippen molar-refractivity contribution in [2.45, 2.75) is 0 Å². The summed E-state index contributed by atoms with van der Waals surface area (Å²) >= 11 is 0. The van der Waals surface area contributed by atoms with Crippen LogP contribution in [0, 0.1) is 0 Å². The van der Waals surface area contributed by atoms with Crippen molar-refractivity contribution in [3.63, 3.8) is 0 Å². The summed E-state index contributed by atoms with van der Waals surface area (Å²) in [6.07, 6.45) is 0. The Kier molecular flexibility index (Phi) is 4.10. The van der Waals surface area contributed by atoms with Gasteiger partial charge in [0, 0.05) is 45.3 Å². The van der Waals surface area contributed by atoms with Crippen molar-refractivity contribution in [3.8, 4) is 0 Å². The molecule has 14 heavy (non-hydrogen) atoms. The van der Waals surface area contributed by atoms with Gasteiger partial charge in [0.2, 0.25) is 5.91 Å². The van der Waals surface area contributed by atoms with Gasteiger partial charge in [0.15, 0.2) is 0 Å². The lowest BCUT2D eigenvalue weighted by molar-refractivity contribution is -0.117. The molecule has 0 radical (unpaired) electrons. The molecule has 1 heterocycles. The first-order valence-corrected chi connectivity index (χ1v) is 4.94. The second-order valence-electron chi connectivity index (χ2n) is 3.76. The van der Waals surface area contributed by atoms with E-state index in [1.54, 1.807) is 7.05 Å². The fourth-order valence-electron chi connectivity index (χ4n) is 1.52. The largest absolute Gasteiger partial charge is 0.355 e. The molecule has 0 aromatic heterocycles. The third-order valence-corrected chi connectivity index (χ3v) is 2.56. The molecule has 0 aromatic rings. The van der Waals surface area contributed by atoms with Crippen molar-refractivity contribution in [2.24, 2.45) is 0 Å². The maximum absolute atomic E-state index is 11.2. The van der Waals surface area contributed by atoms with E-state index in [1.807, 2.05) is 0 Å². The van der Waals surface area contributed by atoms with Crippen molar-refractivity contribution >= 4 is 5.91 Å². The Balaban J connectivity index is 2.31. The highest BCUT2D eigenvalue weighted by atomic mass is 16.1. The molecule has 1 aliphatic heterocycles. The van der Waals surface area contributed by atoms with Gasteiger partial charge in [0.25, 0.3) is 0 Å². The van der Waals surface area contributed by atoms with Gasteiger partial charge in [0.05, 0.1) is 0 Å². The Morgan fingerprint density at radius 3 is 2.43 bits per heavy atom. The molecule has 0 unspecified atom stereocenters. The Labute approximate surface area is 85.6 Å². The summed E-state index contributed by atoms with van der Waals surface area (Å²) in [6, 6.07) is 0. The standard InChI is InChI=1S/C10H19N3O/c1-9(10(14)11-2)8-13-6-4-12(3)5-7-13/h1,4-8H2,2-3H3,(H,11,14). The zero-order valence-corrected chi connectivity index (χ0v) is 9.05. The fraction of sp³-hybridized carbons (Fsp3) is 0.700. The Morgan fingerprint density at radius 1 is 1.36 bits per heavy atom. The number of rotatable bonds is 3. The zero-order valence-electron chi connectivity index (χ0n) is 9.05. The lowest BCUT2D eigenvalue weighted by Crippen LogP contribution is -2.45. The van der Waals surface area contributed by atoms with Gasteiger partial charge in [-0.05, 0) is 7.05 Å². The number of carbonyl (C=O) groups is 1. The minimum atomic E-state index is -0.0519. The van der Waals surface area contributed by atoms with Crippen molar-refractivity contribution in [1.29, 1.82) is 0 Å².